The molecule has 2 amide bonds. The first kappa shape index (κ1) is 16.7. The third kappa shape index (κ3) is 5.58. The quantitative estimate of drug-likeness (QED) is 0.812. The van der Waals surface area contributed by atoms with Gasteiger partial charge in [0.2, 0.25) is 11.8 Å². The third-order valence-corrected chi connectivity index (χ3v) is 3.19. The summed E-state index contributed by atoms with van der Waals surface area (Å²) in [4.78, 5) is 23.2. The first-order valence-corrected chi connectivity index (χ1v) is 7.69. The van der Waals surface area contributed by atoms with Crippen molar-refractivity contribution >= 4 is 11.8 Å². The summed E-state index contributed by atoms with van der Waals surface area (Å²) >= 11 is 0. The Morgan fingerprint density at radius 1 is 1.17 bits per heavy atom. The summed E-state index contributed by atoms with van der Waals surface area (Å²) in [6.45, 7) is 3.77. The van der Waals surface area contributed by atoms with Crippen LogP contribution in [0.5, 0.6) is 0 Å². The summed E-state index contributed by atoms with van der Waals surface area (Å²) < 4.78 is 1.78. The maximum Gasteiger partial charge on any atom is 0.239 e. The number of rotatable bonds is 7. The van der Waals surface area contributed by atoms with Gasteiger partial charge in [-0.15, -0.1) is 0 Å². The molecule has 0 spiro atoms. The molecule has 0 aliphatic carbocycles. The first-order chi connectivity index (χ1) is 11.0. The molecule has 23 heavy (non-hydrogen) atoms. The van der Waals surface area contributed by atoms with E-state index in [-0.39, 0.29) is 24.4 Å². The minimum Gasteiger partial charge on any atom is -0.352 e. The van der Waals surface area contributed by atoms with Crippen molar-refractivity contribution in [2.45, 2.75) is 32.7 Å². The molecule has 0 aliphatic heterocycles. The van der Waals surface area contributed by atoms with Gasteiger partial charge in [0.15, 0.2) is 0 Å². The molecule has 0 atom stereocenters. The molecule has 0 saturated heterocycles. The van der Waals surface area contributed by atoms with Crippen molar-refractivity contribution in [3.63, 3.8) is 0 Å². The molecule has 6 heteroatoms. The number of aryl methyl sites for hydroxylation is 1. The van der Waals surface area contributed by atoms with E-state index >= 15 is 0 Å². The van der Waals surface area contributed by atoms with Gasteiger partial charge < -0.3 is 10.6 Å². The normalized spacial score (nSPS) is 10.6. The van der Waals surface area contributed by atoms with Crippen LogP contribution in [0.1, 0.15) is 25.8 Å². The van der Waals surface area contributed by atoms with E-state index in [4.69, 9.17) is 0 Å². The van der Waals surface area contributed by atoms with Gasteiger partial charge in [-0.1, -0.05) is 18.2 Å². The molecule has 2 rings (SSSR count). The number of hydrogen-bond acceptors (Lipinski definition) is 3. The highest BCUT2D eigenvalue weighted by Crippen LogP contribution is 2.08. The second-order valence-electron chi connectivity index (χ2n) is 5.63. The molecule has 2 aromatic rings. The molecule has 0 fully saturated rings. The van der Waals surface area contributed by atoms with E-state index in [1.807, 2.05) is 50.4 Å². The number of carbonyl (C=O) groups excluding carboxylic acids is 2. The van der Waals surface area contributed by atoms with Crippen molar-refractivity contribution in [1.29, 1.82) is 0 Å². The molecule has 0 radical (unpaired) electrons. The van der Waals surface area contributed by atoms with Gasteiger partial charge in [-0.25, -0.2) is 4.68 Å². The van der Waals surface area contributed by atoms with Crippen molar-refractivity contribution < 1.29 is 9.59 Å². The lowest BCUT2D eigenvalue weighted by molar-refractivity contribution is -0.126. The lowest BCUT2D eigenvalue weighted by Gasteiger charge is -2.09. The number of nitrogens with one attached hydrogen (secondary N) is 2. The molecule has 0 aliphatic rings. The largest absolute Gasteiger partial charge is 0.352 e. The zero-order chi connectivity index (χ0) is 16.7. The first-order valence-electron chi connectivity index (χ1n) is 7.69. The Morgan fingerprint density at radius 2 is 1.91 bits per heavy atom. The second-order valence-corrected chi connectivity index (χ2v) is 5.63. The molecular weight excluding hydrogens is 292 g/mol. The maximum atomic E-state index is 11.8. The molecule has 1 heterocycles. The minimum atomic E-state index is -0.176. The van der Waals surface area contributed by atoms with E-state index < -0.39 is 0 Å². The average Bonchev–Trinajstić information content (AvgIpc) is 3.00. The molecular formula is C17H22N4O2. The van der Waals surface area contributed by atoms with Crippen molar-refractivity contribution in [3.8, 4) is 5.69 Å². The van der Waals surface area contributed by atoms with Crippen LogP contribution < -0.4 is 10.6 Å². The van der Waals surface area contributed by atoms with Crippen LogP contribution in [-0.2, 0) is 16.0 Å². The number of amides is 2. The summed E-state index contributed by atoms with van der Waals surface area (Å²) in [5, 5.41) is 9.64. The lowest BCUT2D eigenvalue weighted by atomic mass is 10.2. The van der Waals surface area contributed by atoms with Gasteiger partial charge in [-0.05, 0) is 38.0 Å². The molecule has 1 aromatic heterocycles. The summed E-state index contributed by atoms with van der Waals surface area (Å²) in [5.41, 5.74) is 1.96. The van der Waals surface area contributed by atoms with Gasteiger partial charge in [0.05, 0.1) is 18.4 Å². The Kier molecular flexibility index (Phi) is 5.91. The van der Waals surface area contributed by atoms with E-state index in [1.165, 1.54) is 0 Å². The molecule has 0 saturated carbocycles. The second kappa shape index (κ2) is 8.12. The third-order valence-electron chi connectivity index (χ3n) is 3.19. The Morgan fingerprint density at radius 3 is 2.61 bits per heavy atom. The fraction of sp³-hybridized carbons (Fsp3) is 0.353. The molecule has 6 nitrogen and oxygen atoms in total. The predicted octanol–water partition coefficient (Wildman–Crippen LogP) is 1.45. The number of hydrogen-bond donors (Lipinski definition) is 2. The summed E-state index contributed by atoms with van der Waals surface area (Å²) in [5.74, 6) is -0.318. The standard InChI is InChI=1S/C17H22N4O2/c1-13(2)20-17(23)11-18-16(22)9-8-14-10-19-21(12-14)15-6-4-3-5-7-15/h3-7,10,12-13H,8-9,11H2,1-2H3,(H,18,22)(H,20,23). The number of para-hydroxylation sites is 1. The van der Waals surface area contributed by atoms with Gasteiger partial charge >= 0.3 is 0 Å². The Balaban J connectivity index is 1.77. The number of nitrogens with zero attached hydrogens (tertiary/aromatic N) is 2. The van der Waals surface area contributed by atoms with Crippen molar-refractivity contribution in [2.75, 3.05) is 6.54 Å². The molecule has 0 unspecified atom stereocenters. The zero-order valence-corrected chi connectivity index (χ0v) is 13.5. The number of benzene rings is 1. The highest BCUT2D eigenvalue weighted by Gasteiger charge is 2.08. The van der Waals surface area contributed by atoms with Crippen molar-refractivity contribution in [2.24, 2.45) is 0 Å². The van der Waals surface area contributed by atoms with E-state index in [2.05, 4.69) is 15.7 Å². The van der Waals surface area contributed by atoms with Crippen LogP contribution in [0.4, 0.5) is 0 Å². The smallest absolute Gasteiger partial charge is 0.239 e. The van der Waals surface area contributed by atoms with Crippen LogP contribution in [0.3, 0.4) is 0 Å². The summed E-state index contributed by atoms with van der Waals surface area (Å²) in [6.07, 6.45) is 4.58. The highest BCUT2D eigenvalue weighted by atomic mass is 16.2. The van der Waals surface area contributed by atoms with E-state index in [1.54, 1.807) is 10.9 Å². The zero-order valence-electron chi connectivity index (χ0n) is 13.5. The monoisotopic (exact) mass is 314 g/mol. The average molecular weight is 314 g/mol. The van der Waals surface area contributed by atoms with E-state index in [0.29, 0.717) is 12.8 Å². The molecule has 0 bridgehead atoms. The van der Waals surface area contributed by atoms with Gasteiger partial charge in [0.25, 0.3) is 0 Å². The topological polar surface area (TPSA) is 76.0 Å². The Hall–Kier alpha value is -2.63. The van der Waals surface area contributed by atoms with Crippen LogP contribution >= 0.6 is 0 Å². The van der Waals surface area contributed by atoms with Gasteiger partial charge in [-0.2, -0.15) is 5.10 Å². The van der Waals surface area contributed by atoms with Gasteiger partial charge in [0.1, 0.15) is 0 Å². The fourth-order valence-electron chi connectivity index (χ4n) is 2.11. The van der Waals surface area contributed by atoms with Crippen LogP contribution in [0.2, 0.25) is 0 Å². The predicted molar refractivity (Wildman–Crippen MR) is 88.2 cm³/mol. The van der Waals surface area contributed by atoms with E-state index in [9.17, 15) is 9.59 Å². The summed E-state index contributed by atoms with van der Waals surface area (Å²) in [7, 11) is 0. The van der Waals surface area contributed by atoms with E-state index in [0.717, 1.165) is 11.3 Å². The van der Waals surface area contributed by atoms with Crippen LogP contribution in [0, 0.1) is 0 Å². The van der Waals surface area contributed by atoms with Crippen molar-refractivity contribution in [3.05, 3.63) is 48.3 Å². The molecule has 1 aromatic carbocycles. The molecule has 2 N–H and O–H groups in total. The Labute approximate surface area is 135 Å². The SMILES string of the molecule is CC(C)NC(=O)CNC(=O)CCc1cnn(-c2ccccc2)c1. The minimum absolute atomic E-state index is 0.0142. The Bertz CT molecular complexity index is 650. The summed E-state index contributed by atoms with van der Waals surface area (Å²) in [6, 6.07) is 9.86. The lowest BCUT2D eigenvalue weighted by Crippen LogP contribution is -2.39. The fourth-order valence-corrected chi connectivity index (χ4v) is 2.11. The maximum absolute atomic E-state index is 11.8. The van der Waals surface area contributed by atoms with Crippen LogP contribution in [0.25, 0.3) is 5.69 Å². The van der Waals surface area contributed by atoms with Gasteiger partial charge in [0, 0.05) is 18.7 Å². The van der Waals surface area contributed by atoms with Crippen LogP contribution in [0.15, 0.2) is 42.7 Å². The van der Waals surface area contributed by atoms with Crippen molar-refractivity contribution in [1.82, 2.24) is 20.4 Å². The molecule has 122 valence electrons. The number of aromatic nitrogens is 2. The number of carbonyl (C=O) groups is 2. The highest BCUT2D eigenvalue weighted by molar-refractivity contribution is 5.84. The van der Waals surface area contributed by atoms with Crippen LogP contribution in [-0.4, -0.2) is 34.2 Å². The van der Waals surface area contributed by atoms with Gasteiger partial charge in [-0.3, -0.25) is 9.59 Å².